The lowest BCUT2D eigenvalue weighted by molar-refractivity contribution is -0.144. The summed E-state index contributed by atoms with van der Waals surface area (Å²) in [6, 6.07) is 9.63. The van der Waals surface area contributed by atoms with Crippen molar-refractivity contribution in [3.63, 3.8) is 0 Å². The molecular weight excluding hydrogens is 320 g/mol. The zero-order valence-corrected chi connectivity index (χ0v) is 14.5. The summed E-state index contributed by atoms with van der Waals surface area (Å²) in [5.41, 5.74) is 0.926. The van der Waals surface area contributed by atoms with E-state index in [2.05, 4.69) is 4.90 Å². The van der Waals surface area contributed by atoms with E-state index in [1.165, 1.54) is 6.42 Å². The number of carboxylic acids is 1. The maximum atomic E-state index is 12.5. The first-order chi connectivity index (χ1) is 12.1. The molecule has 25 heavy (non-hydrogen) atoms. The highest BCUT2D eigenvalue weighted by Gasteiger charge is 2.37. The molecule has 0 aliphatic carbocycles. The fourth-order valence-electron chi connectivity index (χ4n) is 3.76. The Morgan fingerprint density at radius 3 is 2.48 bits per heavy atom. The second-order valence-corrected chi connectivity index (χ2v) is 6.97. The molecule has 1 aromatic carbocycles. The fraction of sp³-hybridized carbons (Fsp3) is 0.579. The summed E-state index contributed by atoms with van der Waals surface area (Å²) in [5, 5.41) is 9.46. The summed E-state index contributed by atoms with van der Waals surface area (Å²) >= 11 is 0. The van der Waals surface area contributed by atoms with Crippen LogP contribution in [-0.2, 0) is 16.1 Å². The van der Waals surface area contributed by atoms with Crippen molar-refractivity contribution in [2.75, 3.05) is 26.2 Å². The van der Waals surface area contributed by atoms with E-state index >= 15 is 0 Å². The molecule has 6 heteroatoms. The zero-order chi connectivity index (χ0) is 17.6. The lowest BCUT2D eigenvalue weighted by Crippen LogP contribution is -2.55. The summed E-state index contributed by atoms with van der Waals surface area (Å²) < 4.78 is 5.41. The van der Waals surface area contributed by atoms with Crippen molar-refractivity contribution in [2.24, 2.45) is 5.92 Å². The van der Waals surface area contributed by atoms with E-state index in [-0.39, 0.29) is 19.2 Å². The standard InChI is InChI=1S/C19H26N2O4/c22-18(23)16-11-17(20-9-5-2-6-10-20)13-21(12-16)19(24)25-14-15-7-3-1-4-8-15/h1,3-4,7-8,16-17H,2,5-6,9-14H2,(H,22,23). The van der Waals surface area contributed by atoms with Crippen molar-refractivity contribution in [2.45, 2.75) is 38.3 Å². The van der Waals surface area contributed by atoms with Crippen LogP contribution in [0.3, 0.4) is 0 Å². The molecule has 0 spiro atoms. The summed E-state index contributed by atoms with van der Waals surface area (Å²) in [6.07, 6.45) is 3.71. The maximum absolute atomic E-state index is 12.5. The third-order valence-electron chi connectivity index (χ3n) is 5.15. The average molecular weight is 346 g/mol. The first kappa shape index (κ1) is 17.7. The van der Waals surface area contributed by atoms with Gasteiger partial charge in [-0.1, -0.05) is 36.8 Å². The molecule has 1 aromatic rings. The van der Waals surface area contributed by atoms with Crippen molar-refractivity contribution in [1.29, 1.82) is 0 Å². The molecular formula is C19H26N2O4. The van der Waals surface area contributed by atoms with Crippen LogP contribution in [0.15, 0.2) is 30.3 Å². The van der Waals surface area contributed by atoms with Crippen molar-refractivity contribution in [1.82, 2.24) is 9.80 Å². The van der Waals surface area contributed by atoms with Crippen molar-refractivity contribution in [3.8, 4) is 0 Å². The van der Waals surface area contributed by atoms with Crippen molar-refractivity contribution < 1.29 is 19.4 Å². The summed E-state index contributed by atoms with van der Waals surface area (Å²) in [7, 11) is 0. The van der Waals surface area contributed by atoms with Gasteiger partial charge in [0.05, 0.1) is 5.92 Å². The van der Waals surface area contributed by atoms with E-state index in [0.717, 1.165) is 31.5 Å². The van der Waals surface area contributed by atoms with Crippen LogP contribution in [0.5, 0.6) is 0 Å². The molecule has 6 nitrogen and oxygen atoms in total. The quantitative estimate of drug-likeness (QED) is 0.907. The number of aliphatic carboxylic acids is 1. The molecule has 2 heterocycles. The predicted molar refractivity (Wildman–Crippen MR) is 93.2 cm³/mol. The van der Waals surface area contributed by atoms with E-state index in [0.29, 0.717) is 13.0 Å². The fourth-order valence-corrected chi connectivity index (χ4v) is 3.76. The minimum absolute atomic E-state index is 0.111. The van der Waals surface area contributed by atoms with E-state index in [1.807, 2.05) is 30.3 Å². The number of benzene rings is 1. The Morgan fingerprint density at radius 2 is 1.80 bits per heavy atom. The van der Waals surface area contributed by atoms with Crippen LogP contribution in [0, 0.1) is 5.92 Å². The van der Waals surface area contributed by atoms with Crippen LogP contribution < -0.4 is 0 Å². The molecule has 0 bridgehead atoms. The molecule has 1 amide bonds. The second kappa shape index (κ2) is 8.34. The topological polar surface area (TPSA) is 70.1 Å². The molecule has 2 saturated heterocycles. The SMILES string of the molecule is O=C(O)C1CC(N2CCCCC2)CN(C(=O)OCc2ccccc2)C1. The monoisotopic (exact) mass is 346 g/mol. The Kier molecular flexibility index (Phi) is 5.91. The van der Waals surface area contributed by atoms with E-state index in [1.54, 1.807) is 4.90 Å². The molecule has 3 rings (SSSR count). The van der Waals surface area contributed by atoms with Gasteiger partial charge in [0.25, 0.3) is 0 Å². The Bertz CT molecular complexity index is 586. The van der Waals surface area contributed by atoms with Crippen LogP contribution in [0.1, 0.15) is 31.2 Å². The normalized spacial score (nSPS) is 24.7. The molecule has 1 N–H and O–H groups in total. The van der Waals surface area contributed by atoms with Gasteiger partial charge in [0.15, 0.2) is 0 Å². The number of nitrogens with zero attached hydrogens (tertiary/aromatic N) is 2. The van der Waals surface area contributed by atoms with Gasteiger partial charge in [0.1, 0.15) is 6.61 Å². The van der Waals surface area contributed by atoms with Gasteiger partial charge in [-0.25, -0.2) is 4.79 Å². The third-order valence-corrected chi connectivity index (χ3v) is 5.15. The van der Waals surface area contributed by atoms with Crippen LogP contribution in [0.4, 0.5) is 4.79 Å². The van der Waals surface area contributed by atoms with Gasteiger partial charge in [0.2, 0.25) is 0 Å². The first-order valence-electron chi connectivity index (χ1n) is 9.06. The number of carbonyl (C=O) groups is 2. The number of hydrogen-bond acceptors (Lipinski definition) is 4. The largest absolute Gasteiger partial charge is 0.481 e. The van der Waals surface area contributed by atoms with Crippen LogP contribution in [-0.4, -0.2) is 59.2 Å². The Morgan fingerprint density at radius 1 is 1.08 bits per heavy atom. The summed E-state index contributed by atoms with van der Waals surface area (Å²) in [4.78, 5) is 27.9. The van der Waals surface area contributed by atoms with Crippen LogP contribution in [0.25, 0.3) is 0 Å². The van der Waals surface area contributed by atoms with Gasteiger partial charge in [-0.3, -0.25) is 9.69 Å². The minimum atomic E-state index is -0.831. The molecule has 0 saturated carbocycles. The number of rotatable bonds is 4. The van der Waals surface area contributed by atoms with Gasteiger partial charge in [-0.05, 0) is 37.9 Å². The molecule has 2 atom stereocenters. The van der Waals surface area contributed by atoms with Gasteiger partial charge in [-0.2, -0.15) is 0 Å². The first-order valence-corrected chi connectivity index (χ1v) is 9.06. The average Bonchev–Trinajstić information content (AvgIpc) is 2.67. The second-order valence-electron chi connectivity index (χ2n) is 6.97. The highest BCUT2D eigenvalue weighted by Crippen LogP contribution is 2.24. The molecule has 136 valence electrons. The number of hydrogen-bond donors (Lipinski definition) is 1. The smallest absolute Gasteiger partial charge is 0.410 e. The molecule has 2 aliphatic rings. The van der Waals surface area contributed by atoms with Gasteiger partial charge in [0, 0.05) is 19.1 Å². The van der Waals surface area contributed by atoms with Crippen molar-refractivity contribution >= 4 is 12.1 Å². The molecule has 0 aromatic heterocycles. The maximum Gasteiger partial charge on any atom is 0.410 e. The third kappa shape index (κ3) is 4.72. The van der Waals surface area contributed by atoms with Gasteiger partial charge in [-0.15, -0.1) is 0 Å². The van der Waals surface area contributed by atoms with E-state index < -0.39 is 18.0 Å². The zero-order valence-electron chi connectivity index (χ0n) is 14.5. The molecule has 2 aliphatic heterocycles. The minimum Gasteiger partial charge on any atom is -0.481 e. The Hall–Kier alpha value is -2.08. The predicted octanol–water partition coefficient (Wildman–Crippen LogP) is 2.58. The highest BCUT2D eigenvalue weighted by atomic mass is 16.6. The number of amides is 1. The van der Waals surface area contributed by atoms with Gasteiger partial charge >= 0.3 is 12.1 Å². The number of carboxylic acid groups (broad SMARTS) is 1. The number of likely N-dealkylation sites (tertiary alicyclic amines) is 2. The molecule has 2 fully saturated rings. The lowest BCUT2D eigenvalue weighted by atomic mass is 9.92. The Balaban J connectivity index is 1.61. The number of piperidine rings is 2. The van der Waals surface area contributed by atoms with Crippen LogP contribution in [0.2, 0.25) is 0 Å². The lowest BCUT2D eigenvalue weighted by Gasteiger charge is -2.42. The van der Waals surface area contributed by atoms with Gasteiger partial charge < -0.3 is 14.7 Å². The summed E-state index contributed by atoms with van der Waals surface area (Å²) in [5.74, 6) is -1.35. The molecule has 2 unspecified atom stereocenters. The van der Waals surface area contributed by atoms with Crippen LogP contribution >= 0.6 is 0 Å². The Labute approximate surface area is 148 Å². The van der Waals surface area contributed by atoms with E-state index in [4.69, 9.17) is 4.74 Å². The van der Waals surface area contributed by atoms with Crippen molar-refractivity contribution in [3.05, 3.63) is 35.9 Å². The van der Waals surface area contributed by atoms with E-state index in [9.17, 15) is 14.7 Å². The highest BCUT2D eigenvalue weighted by molar-refractivity contribution is 5.73. The number of carbonyl (C=O) groups excluding carboxylic acids is 1. The summed E-state index contributed by atoms with van der Waals surface area (Å²) in [6.45, 7) is 2.97. The number of ether oxygens (including phenoxy) is 1. The molecule has 0 radical (unpaired) electrons.